The van der Waals surface area contributed by atoms with Gasteiger partial charge in [-0.1, -0.05) is 0 Å². The van der Waals surface area contributed by atoms with Crippen molar-refractivity contribution in [2.24, 2.45) is 0 Å². The van der Waals surface area contributed by atoms with Crippen LogP contribution in [0.5, 0.6) is 0 Å². The molecule has 1 aromatic carbocycles. The number of carbonyl (C=O) groups excluding carboxylic acids is 1. The van der Waals surface area contributed by atoms with Crippen LogP contribution in [0.15, 0.2) is 29.2 Å². The van der Waals surface area contributed by atoms with Gasteiger partial charge in [0.05, 0.1) is 21.5 Å². The van der Waals surface area contributed by atoms with E-state index in [0.717, 1.165) is 29.7 Å². The predicted molar refractivity (Wildman–Crippen MR) is 118 cm³/mol. The molecule has 0 radical (unpaired) electrons. The Hall–Kier alpha value is -2.65. The summed E-state index contributed by atoms with van der Waals surface area (Å²) >= 11 is 0. The van der Waals surface area contributed by atoms with Gasteiger partial charge in [0.15, 0.2) is 0 Å². The van der Waals surface area contributed by atoms with Crippen LogP contribution in [0.1, 0.15) is 53.4 Å². The Morgan fingerprint density at radius 2 is 1.94 bits per heavy atom. The van der Waals surface area contributed by atoms with Gasteiger partial charge in [-0.25, -0.2) is 22.5 Å². The summed E-state index contributed by atoms with van der Waals surface area (Å²) in [5.74, 6) is 0.215. The average Bonchev–Trinajstić information content (AvgIpc) is 3.42. The number of sulfonamides is 1. The molecule has 0 aliphatic heterocycles. The summed E-state index contributed by atoms with van der Waals surface area (Å²) in [6.07, 6.45) is 2.30. The molecule has 1 fully saturated rings. The molecule has 3 aromatic rings. The highest BCUT2D eigenvalue weighted by Gasteiger charge is 2.29. The molecule has 0 atom stereocenters. The molecule has 8 nitrogen and oxygen atoms in total. The molecule has 2 aromatic heterocycles. The van der Waals surface area contributed by atoms with Crippen molar-refractivity contribution in [1.29, 1.82) is 0 Å². The van der Waals surface area contributed by atoms with E-state index in [9.17, 15) is 13.2 Å². The molecule has 0 N–H and O–H groups in total. The number of nitrogens with zero attached hydrogens (tertiary/aromatic N) is 4. The van der Waals surface area contributed by atoms with Crippen molar-refractivity contribution in [2.45, 2.75) is 57.7 Å². The molecule has 0 spiro atoms. The smallest absolute Gasteiger partial charge is 0.340 e. The van der Waals surface area contributed by atoms with Crippen LogP contribution in [0.2, 0.25) is 0 Å². The standard InChI is InChI=1S/C22H28N4O4S/c1-6-25-20-10-9-17(31(28,29)24(4)5)12-19(20)23-21(25)13-30-22(27)18-11-14(2)26(15(18)3)16-7-8-16/h9-12,16H,6-8,13H2,1-5H3. The number of hydrogen-bond donors (Lipinski definition) is 0. The molecule has 0 saturated heterocycles. The summed E-state index contributed by atoms with van der Waals surface area (Å²) in [7, 11) is -0.562. The Bertz CT molecular complexity index is 1270. The summed E-state index contributed by atoms with van der Waals surface area (Å²) in [5.41, 5.74) is 3.96. The second-order valence-corrected chi connectivity index (χ2v) is 10.3. The van der Waals surface area contributed by atoms with E-state index >= 15 is 0 Å². The molecule has 0 bridgehead atoms. The van der Waals surface area contributed by atoms with E-state index in [-0.39, 0.29) is 17.5 Å². The van der Waals surface area contributed by atoms with Gasteiger partial charge >= 0.3 is 5.97 Å². The van der Waals surface area contributed by atoms with Gasteiger partial charge in [0.1, 0.15) is 12.4 Å². The maximum Gasteiger partial charge on any atom is 0.340 e. The highest BCUT2D eigenvalue weighted by molar-refractivity contribution is 7.89. The van der Waals surface area contributed by atoms with Crippen LogP contribution in [0.4, 0.5) is 0 Å². The first-order valence-electron chi connectivity index (χ1n) is 10.4. The lowest BCUT2D eigenvalue weighted by Gasteiger charge is -2.11. The Labute approximate surface area is 182 Å². The van der Waals surface area contributed by atoms with Crippen LogP contribution in [0, 0.1) is 13.8 Å². The number of carbonyl (C=O) groups is 1. The normalized spacial score (nSPS) is 14.5. The lowest BCUT2D eigenvalue weighted by atomic mass is 10.2. The van der Waals surface area contributed by atoms with Crippen molar-refractivity contribution in [3.63, 3.8) is 0 Å². The molecule has 0 amide bonds. The average molecular weight is 445 g/mol. The summed E-state index contributed by atoms with van der Waals surface area (Å²) in [6, 6.07) is 7.27. The Balaban J connectivity index is 1.60. The monoisotopic (exact) mass is 444 g/mol. The molecule has 1 aliphatic rings. The summed E-state index contributed by atoms with van der Waals surface area (Å²) in [6.45, 7) is 6.58. The van der Waals surface area contributed by atoms with E-state index in [4.69, 9.17) is 4.74 Å². The SMILES string of the molecule is CCn1c(COC(=O)c2cc(C)n(C3CC3)c2C)nc2cc(S(=O)(=O)N(C)C)ccc21. The van der Waals surface area contributed by atoms with Crippen LogP contribution < -0.4 is 0 Å². The van der Waals surface area contributed by atoms with E-state index in [0.29, 0.717) is 29.5 Å². The topological polar surface area (TPSA) is 86.4 Å². The second-order valence-electron chi connectivity index (χ2n) is 8.17. The third kappa shape index (κ3) is 3.76. The minimum atomic E-state index is -3.55. The number of aryl methyl sites for hydroxylation is 2. The Morgan fingerprint density at radius 3 is 2.55 bits per heavy atom. The van der Waals surface area contributed by atoms with Crippen LogP contribution in [0.25, 0.3) is 11.0 Å². The van der Waals surface area contributed by atoms with Crippen LogP contribution in [-0.4, -0.2) is 46.9 Å². The van der Waals surface area contributed by atoms with Gasteiger partial charge < -0.3 is 13.9 Å². The summed E-state index contributed by atoms with van der Waals surface area (Å²) in [4.78, 5) is 17.5. The lowest BCUT2D eigenvalue weighted by molar-refractivity contribution is 0.0457. The van der Waals surface area contributed by atoms with E-state index in [2.05, 4.69) is 9.55 Å². The molecule has 0 unspecified atom stereocenters. The van der Waals surface area contributed by atoms with Gasteiger partial charge in [-0.3, -0.25) is 0 Å². The fourth-order valence-electron chi connectivity index (χ4n) is 4.08. The molecule has 2 heterocycles. The van der Waals surface area contributed by atoms with Gasteiger partial charge in [0.25, 0.3) is 0 Å². The molecule has 1 aliphatic carbocycles. The molecule has 1 saturated carbocycles. The van der Waals surface area contributed by atoms with Gasteiger partial charge in [0, 0.05) is 38.1 Å². The summed E-state index contributed by atoms with van der Waals surface area (Å²) < 4.78 is 35.8. The molecular weight excluding hydrogens is 416 g/mol. The quantitative estimate of drug-likeness (QED) is 0.521. The Kier molecular flexibility index (Phi) is 5.43. The van der Waals surface area contributed by atoms with Crippen molar-refractivity contribution in [3.8, 4) is 0 Å². The van der Waals surface area contributed by atoms with E-state index in [1.54, 1.807) is 18.2 Å². The van der Waals surface area contributed by atoms with Crippen molar-refractivity contribution in [1.82, 2.24) is 18.4 Å². The molecule has 9 heteroatoms. The zero-order valence-corrected chi connectivity index (χ0v) is 19.4. The minimum absolute atomic E-state index is 0.0181. The van der Waals surface area contributed by atoms with Crippen molar-refractivity contribution in [2.75, 3.05) is 14.1 Å². The van der Waals surface area contributed by atoms with E-state index < -0.39 is 10.0 Å². The van der Waals surface area contributed by atoms with Crippen LogP contribution in [-0.2, 0) is 27.9 Å². The van der Waals surface area contributed by atoms with Crippen LogP contribution in [0.3, 0.4) is 0 Å². The number of hydrogen-bond acceptors (Lipinski definition) is 5. The lowest BCUT2D eigenvalue weighted by Crippen LogP contribution is -2.22. The number of ether oxygens (including phenoxy) is 1. The number of esters is 1. The number of imidazole rings is 1. The number of rotatable bonds is 7. The minimum Gasteiger partial charge on any atom is -0.454 e. The van der Waals surface area contributed by atoms with Gasteiger partial charge in [-0.15, -0.1) is 0 Å². The van der Waals surface area contributed by atoms with Gasteiger partial charge in [0.2, 0.25) is 10.0 Å². The number of fused-ring (bicyclic) bond motifs is 1. The largest absolute Gasteiger partial charge is 0.454 e. The first-order chi connectivity index (χ1) is 14.6. The van der Waals surface area contributed by atoms with Gasteiger partial charge in [-0.2, -0.15) is 0 Å². The molecule has 31 heavy (non-hydrogen) atoms. The molecule has 166 valence electrons. The highest BCUT2D eigenvalue weighted by atomic mass is 32.2. The highest BCUT2D eigenvalue weighted by Crippen LogP contribution is 2.38. The van der Waals surface area contributed by atoms with Crippen molar-refractivity contribution < 1.29 is 17.9 Å². The van der Waals surface area contributed by atoms with Gasteiger partial charge in [-0.05, 0) is 57.9 Å². The fraction of sp³-hybridized carbons (Fsp3) is 0.455. The van der Waals surface area contributed by atoms with Crippen LogP contribution >= 0.6 is 0 Å². The maximum atomic E-state index is 12.8. The zero-order chi connectivity index (χ0) is 22.5. The fourth-order valence-corrected chi connectivity index (χ4v) is 5.00. The first kappa shape index (κ1) is 21.6. The number of benzene rings is 1. The predicted octanol–water partition coefficient (Wildman–Crippen LogP) is 3.42. The third-order valence-electron chi connectivity index (χ3n) is 5.84. The van der Waals surface area contributed by atoms with Crippen molar-refractivity contribution in [3.05, 3.63) is 47.0 Å². The molecule has 4 rings (SSSR count). The maximum absolute atomic E-state index is 12.8. The van der Waals surface area contributed by atoms with E-state index in [1.807, 2.05) is 31.4 Å². The number of aromatic nitrogens is 3. The zero-order valence-electron chi connectivity index (χ0n) is 18.5. The Morgan fingerprint density at radius 1 is 1.23 bits per heavy atom. The van der Waals surface area contributed by atoms with E-state index in [1.165, 1.54) is 18.4 Å². The molecular formula is C22H28N4O4S. The first-order valence-corrected chi connectivity index (χ1v) is 11.9. The second kappa shape index (κ2) is 7.80. The van der Waals surface area contributed by atoms with Crippen molar-refractivity contribution >= 4 is 27.0 Å². The third-order valence-corrected chi connectivity index (χ3v) is 7.65. The summed E-state index contributed by atoms with van der Waals surface area (Å²) in [5, 5.41) is 0.